The van der Waals surface area contributed by atoms with Gasteiger partial charge in [-0.25, -0.2) is 18.1 Å². The largest absolute Gasteiger partial charge is 0.463 e. The van der Waals surface area contributed by atoms with E-state index in [4.69, 9.17) is 27.0 Å². The van der Waals surface area contributed by atoms with Crippen LogP contribution < -0.4 is 15.9 Å². The molecule has 1 fully saturated rings. The quantitative estimate of drug-likeness (QED) is 0.210. The van der Waals surface area contributed by atoms with Gasteiger partial charge in [0.2, 0.25) is 0 Å². The Morgan fingerprint density at radius 2 is 2.05 bits per heavy atom. The summed E-state index contributed by atoms with van der Waals surface area (Å²) >= 11 is 0. The number of halogens is 2. The van der Waals surface area contributed by atoms with Crippen LogP contribution in [-0.2, 0) is 23.4 Å². The number of nitrogens with two attached hydrogens (primary N) is 1. The fraction of sp³-hybridized carbons (Fsp3) is 0.480. The molecule has 3 rings (SSSR count). The van der Waals surface area contributed by atoms with E-state index in [1.165, 1.54) is 31.2 Å². The number of nitrogen functional groups attached to an aromatic ring is 1. The average molecular weight is 588 g/mol. The highest BCUT2D eigenvalue weighted by atomic mass is 31.2. The summed E-state index contributed by atoms with van der Waals surface area (Å²) in [5.41, 5.74) is 1.07. The Morgan fingerprint density at radius 3 is 2.67 bits per heavy atom. The summed E-state index contributed by atoms with van der Waals surface area (Å²) in [6, 6.07) is 7.46. The Hall–Kier alpha value is -3.34. The van der Waals surface area contributed by atoms with Crippen molar-refractivity contribution in [3.63, 3.8) is 0 Å². The van der Waals surface area contributed by atoms with Crippen LogP contribution in [0, 0.1) is 23.6 Å². The molecular formula is C25H30F2N3O9P. The molecule has 15 heteroatoms. The number of esters is 1. The van der Waals surface area contributed by atoms with E-state index in [-0.39, 0.29) is 5.75 Å². The summed E-state index contributed by atoms with van der Waals surface area (Å²) in [5.74, 6) is -0.141. The van der Waals surface area contributed by atoms with Crippen LogP contribution in [0.25, 0.3) is 0 Å². The molecule has 1 aromatic carbocycles. The summed E-state index contributed by atoms with van der Waals surface area (Å²) in [6.07, 6.45) is -7.61. The minimum atomic E-state index is -4.68. The van der Waals surface area contributed by atoms with Gasteiger partial charge in [-0.1, -0.05) is 37.0 Å². The number of hydrogen-bond acceptors (Lipinski definition) is 11. The molecule has 12 nitrogen and oxygen atoms in total. The van der Waals surface area contributed by atoms with Gasteiger partial charge in [0, 0.05) is 0 Å². The van der Waals surface area contributed by atoms with Gasteiger partial charge in [0.25, 0.3) is 0 Å². The van der Waals surface area contributed by atoms with Crippen LogP contribution in [0.3, 0.4) is 0 Å². The van der Waals surface area contributed by atoms with Gasteiger partial charge in [0.05, 0.1) is 33.7 Å². The van der Waals surface area contributed by atoms with Crippen molar-refractivity contribution in [1.82, 2.24) is 9.55 Å². The molecule has 1 saturated heterocycles. The van der Waals surface area contributed by atoms with E-state index in [1.807, 2.05) is 11.8 Å². The molecule has 1 aromatic heterocycles. The van der Waals surface area contributed by atoms with E-state index in [0.29, 0.717) is 10.8 Å². The third-order valence-electron chi connectivity index (χ3n) is 5.48. The Morgan fingerprint density at radius 1 is 1.38 bits per heavy atom. The number of anilines is 1. The summed E-state index contributed by atoms with van der Waals surface area (Å²) in [5, 5.41) is 22.2. The molecule has 218 valence electrons. The van der Waals surface area contributed by atoms with Crippen molar-refractivity contribution in [3.05, 3.63) is 52.8 Å². The monoisotopic (exact) mass is 587 g/mol. The van der Waals surface area contributed by atoms with Crippen LogP contribution in [0.2, 0.25) is 0 Å². The van der Waals surface area contributed by atoms with Gasteiger partial charge < -0.3 is 29.9 Å². The van der Waals surface area contributed by atoms with Crippen molar-refractivity contribution in [2.24, 2.45) is 5.92 Å². The summed E-state index contributed by atoms with van der Waals surface area (Å²) in [4.78, 5) is 28.2. The number of benzene rings is 1. The second kappa shape index (κ2) is 12.9. The fourth-order valence-corrected chi connectivity index (χ4v) is 5.34. The molecule has 2 aromatic rings. The number of aliphatic hydroxyl groups excluding tert-OH is 1. The number of aromatic nitrogens is 2. The molecule has 0 aliphatic carbocycles. The van der Waals surface area contributed by atoms with Gasteiger partial charge in [-0.2, -0.15) is 4.98 Å². The molecule has 2 heterocycles. The summed E-state index contributed by atoms with van der Waals surface area (Å²) < 4.78 is 79.9. The lowest BCUT2D eigenvalue weighted by Crippen LogP contribution is -2.48. The summed E-state index contributed by atoms with van der Waals surface area (Å²) in [6.45, 7) is -0.105. The van der Waals surface area contributed by atoms with Crippen LogP contribution in [0.4, 0.5) is 14.6 Å². The fourth-order valence-electron chi connectivity index (χ4n) is 3.63. The third-order valence-corrected chi connectivity index (χ3v) is 7.35. The highest BCUT2D eigenvalue weighted by Crippen LogP contribution is 2.51. The molecule has 0 spiro atoms. The number of rotatable bonds is 10. The van der Waals surface area contributed by atoms with Gasteiger partial charge in [-0.05, 0) is 26.0 Å². The smallest absolute Gasteiger partial charge is 0.380 e. The molecule has 0 saturated carbocycles. The standard InChI is InChI=1S/C25H30F2N3O9P/c1-15(2)37-22(32)16(3)14-40(35,39-17-8-5-4-6-9-17)36-13-19-20(31)25(34,10-7-11-26)23(38-19)30-12-18(27)21(28)29-24(30)33/h4-6,8-9,12,15-16,19-20,23,31,34H,11,13-14H2,1-3H3,(H2,28,29,33)/t16-,19-,20+,23-,25?,40+/m1/s1/i13D2. The van der Waals surface area contributed by atoms with Crippen LogP contribution in [0.15, 0.2) is 41.3 Å². The maximum Gasteiger partial charge on any atom is 0.380 e. The maximum atomic E-state index is 14.2. The van der Waals surface area contributed by atoms with Gasteiger partial charge in [0.1, 0.15) is 24.6 Å². The lowest BCUT2D eigenvalue weighted by atomic mass is 9.94. The predicted molar refractivity (Wildman–Crippen MR) is 137 cm³/mol. The predicted octanol–water partition coefficient (Wildman–Crippen LogP) is 1.80. The average Bonchev–Trinajstić information content (AvgIpc) is 3.15. The second-order valence-corrected chi connectivity index (χ2v) is 11.0. The van der Waals surface area contributed by atoms with Gasteiger partial charge in [0.15, 0.2) is 23.5 Å². The van der Waals surface area contributed by atoms with Gasteiger partial charge >= 0.3 is 19.3 Å². The molecule has 0 radical (unpaired) electrons. The van der Waals surface area contributed by atoms with Crippen LogP contribution in [-0.4, -0.2) is 69.0 Å². The summed E-state index contributed by atoms with van der Waals surface area (Å²) in [7, 11) is -4.68. The Balaban J connectivity index is 2.03. The number of nitrogens with zero attached hydrogens (tertiary/aromatic N) is 2. The van der Waals surface area contributed by atoms with Crippen molar-refractivity contribution in [3.8, 4) is 17.6 Å². The van der Waals surface area contributed by atoms with Crippen molar-refractivity contribution >= 4 is 19.4 Å². The highest BCUT2D eigenvalue weighted by Gasteiger charge is 2.56. The Kier molecular flexibility index (Phi) is 9.08. The third kappa shape index (κ3) is 7.24. The minimum absolute atomic E-state index is 0.0212. The second-order valence-electron chi connectivity index (χ2n) is 9.07. The number of carbonyl (C=O) groups is 1. The zero-order chi connectivity index (χ0) is 31.5. The van der Waals surface area contributed by atoms with Gasteiger partial charge in [-0.15, -0.1) is 0 Å². The van der Waals surface area contributed by atoms with Gasteiger partial charge in [-0.3, -0.25) is 13.9 Å². The topological polar surface area (TPSA) is 172 Å². The van der Waals surface area contributed by atoms with Crippen molar-refractivity contribution in [1.29, 1.82) is 0 Å². The van der Waals surface area contributed by atoms with E-state index in [9.17, 15) is 33.1 Å². The molecule has 40 heavy (non-hydrogen) atoms. The van der Waals surface area contributed by atoms with Crippen molar-refractivity contribution < 1.29 is 49.6 Å². The number of ether oxygens (including phenoxy) is 2. The first-order valence-electron chi connectivity index (χ1n) is 12.9. The van der Waals surface area contributed by atoms with Crippen LogP contribution in [0.5, 0.6) is 5.75 Å². The van der Waals surface area contributed by atoms with Crippen LogP contribution in [0.1, 0.15) is 29.7 Å². The number of aliphatic hydroxyl groups is 2. The Labute approximate surface area is 231 Å². The first kappa shape index (κ1) is 28.2. The highest BCUT2D eigenvalue weighted by molar-refractivity contribution is 7.54. The molecule has 1 aliphatic heterocycles. The number of alkyl halides is 1. The molecular weight excluding hydrogens is 555 g/mol. The SMILES string of the molecule is [2H]C([2H])(O[P@@](=O)(C[C@@H](C)C(=O)OC(C)C)Oc1ccccc1)[C@H]1O[C@@H](n2cc(F)c(N)nc2=O)C(O)(C#CCF)[C@H]1O. The molecule has 0 amide bonds. The first-order valence-corrected chi connectivity index (χ1v) is 13.7. The maximum absolute atomic E-state index is 14.2. The first-order chi connectivity index (χ1) is 19.5. The molecule has 1 aliphatic rings. The number of para-hydroxylation sites is 1. The van der Waals surface area contributed by atoms with Crippen molar-refractivity contribution in [2.75, 3.05) is 25.1 Å². The molecule has 1 unspecified atom stereocenters. The van der Waals surface area contributed by atoms with Crippen LogP contribution >= 0.6 is 7.60 Å². The molecule has 6 atom stereocenters. The lowest BCUT2D eigenvalue weighted by Gasteiger charge is -2.26. The number of hydrogen-bond donors (Lipinski definition) is 3. The zero-order valence-corrected chi connectivity index (χ0v) is 22.6. The van der Waals surface area contributed by atoms with Crippen molar-refractivity contribution in [2.45, 2.75) is 50.9 Å². The van der Waals surface area contributed by atoms with E-state index >= 15 is 0 Å². The van der Waals surface area contributed by atoms with E-state index in [0.717, 1.165) is 0 Å². The minimum Gasteiger partial charge on any atom is -0.463 e. The lowest BCUT2D eigenvalue weighted by molar-refractivity contribution is -0.151. The normalized spacial score (nSPS) is 25.6. The molecule has 4 N–H and O–H groups in total. The zero-order valence-electron chi connectivity index (χ0n) is 23.7. The van der Waals surface area contributed by atoms with E-state index < -0.39 is 86.3 Å². The molecule has 0 bridgehead atoms. The van der Waals surface area contributed by atoms with E-state index in [1.54, 1.807) is 19.9 Å². The Bertz CT molecular complexity index is 1450. The van der Waals surface area contributed by atoms with E-state index in [2.05, 4.69) is 4.98 Å². The number of carbonyl (C=O) groups excluding carboxylic acids is 1.